The second-order valence-corrected chi connectivity index (χ2v) is 11.4. The molecule has 1 aromatic carbocycles. The normalized spacial score (nSPS) is 25.4. The third-order valence-electron chi connectivity index (χ3n) is 6.98. The van der Waals surface area contributed by atoms with Crippen molar-refractivity contribution in [2.24, 2.45) is 11.3 Å². The van der Waals surface area contributed by atoms with Crippen molar-refractivity contribution in [1.29, 1.82) is 0 Å². The van der Waals surface area contributed by atoms with Crippen LogP contribution >= 0.6 is 0 Å². The van der Waals surface area contributed by atoms with Crippen molar-refractivity contribution in [3.05, 3.63) is 72.3 Å². The van der Waals surface area contributed by atoms with E-state index in [9.17, 15) is 4.21 Å². The van der Waals surface area contributed by atoms with Gasteiger partial charge in [-0.15, -0.1) is 0 Å². The number of nitrogens with zero attached hydrogens (tertiary/aromatic N) is 3. The Morgan fingerprint density at radius 2 is 2.19 bits per heavy atom. The maximum atomic E-state index is 11.9. The summed E-state index contributed by atoms with van der Waals surface area (Å²) in [7, 11) is 1.32. The molecule has 5 rings (SSSR count). The van der Waals surface area contributed by atoms with E-state index < -0.39 is 10.8 Å². The highest BCUT2D eigenvalue weighted by Crippen LogP contribution is 2.63. The summed E-state index contributed by atoms with van der Waals surface area (Å²) in [5, 5.41) is 3.49. The number of likely N-dealkylation sites (N-methyl/N-ethyl adjacent to an activating group) is 1. The molecule has 3 aliphatic rings. The van der Waals surface area contributed by atoms with Crippen LogP contribution in [-0.4, -0.2) is 63.9 Å². The average Bonchev–Trinajstić information content (AvgIpc) is 3.62. The molecule has 3 atom stereocenters. The molecule has 1 N–H and O–H groups in total. The summed E-state index contributed by atoms with van der Waals surface area (Å²) in [6, 6.07) is 9.95. The van der Waals surface area contributed by atoms with Gasteiger partial charge in [0, 0.05) is 58.4 Å². The van der Waals surface area contributed by atoms with E-state index in [1.54, 1.807) is 6.20 Å². The first kappa shape index (κ1) is 24.7. The molecule has 2 heterocycles. The molecule has 6 bridgehead atoms. The smallest absolute Gasteiger partial charge is 0.227 e. The molecule has 7 nitrogen and oxygen atoms in total. The maximum Gasteiger partial charge on any atom is 0.227 e. The first-order valence-electron chi connectivity index (χ1n) is 12.6. The van der Waals surface area contributed by atoms with Gasteiger partial charge in [0.25, 0.3) is 0 Å². The predicted octanol–water partition coefficient (Wildman–Crippen LogP) is 4.40. The lowest BCUT2D eigenvalue weighted by atomic mass is 9.94. The molecule has 36 heavy (non-hydrogen) atoms. The Bertz CT molecular complexity index is 1210. The second-order valence-electron chi connectivity index (χ2n) is 9.57. The number of ether oxygens (including phenoxy) is 2. The molecule has 0 amide bonds. The van der Waals surface area contributed by atoms with Crippen LogP contribution in [0, 0.1) is 11.3 Å². The van der Waals surface area contributed by atoms with Gasteiger partial charge in [0.15, 0.2) is 0 Å². The highest BCUT2D eigenvalue weighted by atomic mass is 32.2. The van der Waals surface area contributed by atoms with Crippen LogP contribution in [0.1, 0.15) is 19.8 Å². The summed E-state index contributed by atoms with van der Waals surface area (Å²) in [6.07, 6.45) is 12.2. The van der Waals surface area contributed by atoms with E-state index in [1.807, 2.05) is 37.3 Å². The molecule has 1 saturated carbocycles. The summed E-state index contributed by atoms with van der Waals surface area (Å²) in [5.74, 6) is 3.95. The number of anilines is 1. The van der Waals surface area contributed by atoms with Crippen molar-refractivity contribution in [1.82, 2.24) is 14.9 Å². The van der Waals surface area contributed by atoms with Crippen LogP contribution in [0.25, 0.3) is 11.3 Å². The van der Waals surface area contributed by atoms with Gasteiger partial charge in [0.1, 0.15) is 11.5 Å². The van der Waals surface area contributed by atoms with Crippen molar-refractivity contribution in [2.75, 3.05) is 50.2 Å². The van der Waals surface area contributed by atoms with Gasteiger partial charge in [0.05, 0.1) is 24.7 Å². The van der Waals surface area contributed by atoms with Crippen LogP contribution < -0.4 is 10.1 Å². The minimum absolute atomic E-state index is 0.0894. The van der Waals surface area contributed by atoms with Crippen LogP contribution in [0.2, 0.25) is 0 Å². The lowest BCUT2D eigenvalue weighted by molar-refractivity contribution is 0.155. The quantitative estimate of drug-likeness (QED) is 0.603. The zero-order valence-corrected chi connectivity index (χ0v) is 21.8. The molecule has 0 radical (unpaired) electrons. The first-order chi connectivity index (χ1) is 17.6. The van der Waals surface area contributed by atoms with Crippen LogP contribution in [0.5, 0.6) is 5.75 Å². The standard InChI is InChI=1S/C28H34N4O3S/c1-3-36(33)17-16-35-26-11-10-25-23-19-28(23,26)20-32(2)14-5-4-6-15-34-22-9-7-8-21(18-22)24-12-13-29-27(30-24)31-25/h4-5,7-13,18,23H,3,6,14-17,19-20H2,1-2H3,(H,29,30,31)/b5-4-. The fourth-order valence-electron chi connectivity index (χ4n) is 5.01. The Morgan fingerprint density at radius 3 is 3.08 bits per heavy atom. The van der Waals surface area contributed by atoms with Crippen molar-refractivity contribution in [2.45, 2.75) is 19.8 Å². The number of nitrogens with one attached hydrogen (secondary N) is 1. The fraction of sp³-hybridized carbons (Fsp3) is 0.429. The van der Waals surface area contributed by atoms with Gasteiger partial charge < -0.3 is 19.7 Å². The third kappa shape index (κ3) is 5.55. The van der Waals surface area contributed by atoms with Crippen LogP contribution in [0.15, 0.2) is 72.3 Å². The van der Waals surface area contributed by atoms with Gasteiger partial charge in [-0.25, -0.2) is 9.97 Å². The van der Waals surface area contributed by atoms with Crippen molar-refractivity contribution < 1.29 is 13.7 Å². The molecule has 2 aliphatic carbocycles. The molecule has 190 valence electrons. The predicted molar refractivity (Wildman–Crippen MR) is 144 cm³/mol. The number of benzene rings is 1. The molecule has 2 aromatic rings. The topological polar surface area (TPSA) is 76.6 Å². The summed E-state index contributed by atoms with van der Waals surface area (Å²) < 4.78 is 24.1. The Balaban J connectivity index is 1.43. The summed E-state index contributed by atoms with van der Waals surface area (Å²) in [5.41, 5.74) is 2.86. The summed E-state index contributed by atoms with van der Waals surface area (Å²) in [4.78, 5) is 11.6. The SMILES string of the molecule is CCS(=O)CCOC1=CC=C2Nc3nccc(n3)-c3cccc(c3)OCC/C=C\CN(C)CC13CC23. The average molecular weight is 507 g/mol. The summed E-state index contributed by atoms with van der Waals surface area (Å²) in [6.45, 7) is 4.78. The van der Waals surface area contributed by atoms with E-state index in [0.29, 0.717) is 36.6 Å². The molecule has 1 aliphatic heterocycles. The third-order valence-corrected chi connectivity index (χ3v) is 8.24. The Hall–Kier alpha value is -2.97. The van der Waals surface area contributed by atoms with E-state index in [2.05, 4.69) is 46.6 Å². The molecule has 0 spiro atoms. The molecule has 0 saturated heterocycles. The van der Waals surface area contributed by atoms with Gasteiger partial charge in [-0.2, -0.15) is 0 Å². The van der Waals surface area contributed by atoms with Crippen LogP contribution in [0.4, 0.5) is 5.95 Å². The highest BCUT2D eigenvalue weighted by molar-refractivity contribution is 7.84. The zero-order chi connectivity index (χ0) is 25.0. The van der Waals surface area contributed by atoms with Crippen molar-refractivity contribution >= 4 is 16.7 Å². The lowest BCUT2D eigenvalue weighted by Crippen LogP contribution is -2.32. The van der Waals surface area contributed by atoms with Gasteiger partial charge in [-0.05, 0) is 50.2 Å². The summed E-state index contributed by atoms with van der Waals surface area (Å²) >= 11 is 0. The van der Waals surface area contributed by atoms with Gasteiger partial charge in [-0.1, -0.05) is 31.2 Å². The number of hydrogen-bond donors (Lipinski definition) is 1. The second kappa shape index (κ2) is 11.0. The van der Waals surface area contributed by atoms with Crippen molar-refractivity contribution in [3.8, 4) is 17.0 Å². The lowest BCUT2D eigenvalue weighted by Gasteiger charge is -2.29. The van der Waals surface area contributed by atoms with Crippen molar-refractivity contribution in [3.63, 3.8) is 0 Å². The molecule has 3 unspecified atom stereocenters. The van der Waals surface area contributed by atoms with Gasteiger partial charge in [-0.3, -0.25) is 4.21 Å². The van der Waals surface area contributed by atoms with Crippen LogP contribution in [-0.2, 0) is 15.5 Å². The number of fused-ring (bicyclic) bond motifs is 5. The minimum atomic E-state index is -0.834. The Kier molecular flexibility index (Phi) is 7.53. The number of allylic oxidation sites excluding steroid dienone is 3. The fourth-order valence-corrected chi connectivity index (χ4v) is 5.57. The first-order valence-corrected chi connectivity index (χ1v) is 14.1. The minimum Gasteiger partial charge on any atom is -0.496 e. The molecule has 8 heteroatoms. The van der Waals surface area contributed by atoms with Gasteiger partial charge >= 0.3 is 0 Å². The molecule has 1 fully saturated rings. The number of rotatable bonds is 5. The number of aromatic nitrogens is 2. The van der Waals surface area contributed by atoms with E-state index >= 15 is 0 Å². The maximum absolute atomic E-state index is 11.9. The van der Waals surface area contributed by atoms with E-state index in [4.69, 9.17) is 14.5 Å². The number of hydrogen-bond acceptors (Lipinski definition) is 7. The van der Waals surface area contributed by atoms with Crippen LogP contribution in [0.3, 0.4) is 0 Å². The highest BCUT2D eigenvalue weighted by Gasteiger charge is 2.61. The Morgan fingerprint density at radius 1 is 1.28 bits per heavy atom. The van der Waals surface area contributed by atoms with E-state index in [0.717, 1.165) is 54.4 Å². The van der Waals surface area contributed by atoms with E-state index in [-0.39, 0.29) is 5.41 Å². The molecular formula is C28H34N4O3S. The molecule has 1 aromatic heterocycles. The Labute approximate surface area is 215 Å². The molecular weight excluding hydrogens is 472 g/mol. The van der Waals surface area contributed by atoms with Gasteiger partial charge in [0.2, 0.25) is 5.95 Å². The monoisotopic (exact) mass is 506 g/mol. The van der Waals surface area contributed by atoms with E-state index in [1.165, 1.54) is 0 Å². The zero-order valence-electron chi connectivity index (χ0n) is 21.0. The largest absolute Gasteiger partial charge is 0.496 e.